The zero-order chi connectivity index (χ0) is 19.3. The van der Waals surface area contributed by atoms with E-state index in [0.29, 0.717) is 18.2 Å². The molecule has 1 unspecified atom stereocenters. The Bertz CT molecular complexity index is 822. The van der Waals surface area contributed by atoms with Gasteiger partial charge in [0.05, 0.1) is 36.4 Å². The van der Waals surface area contributed by atoms with Gasteiger partial charge < -0.3 is 9.64 Å². The Kier molecular flexibility index (Phi) is 5.81. The third-order valence-corrected chi connectivity index (χ3v) is 5.56. The molecule has 2 aromatic rings. The Morgan fingerprint density at radius 2 is 2.04 bits per heavy atom. The first-order valence-corrected chi connectivity index (χ1v) is 10.1. The van der Waals surface area contributed by atoms with Crippen LogP contribution < -0.4 is 4.74 Å². The van der Waals surface area contributed by atoms with E-state index in [1.54, 1.807) is 18.6 Å². The van der Waals surface area contributed by atoms with Gasteiger partial charge in [0.2, 0.25) is 11.8 Å². The third-order valence-electron chi connectivity index (χ3n) is 5.56. The number of rotatable bonds is 5. The van der Waals surface area contributed by atoms with Gasteiger partial charge in [-0.05, 0) is 57.7 Å². The minimum atomic E-state index is 0.111. The first-order valence-electron chi connectivity index (χ1n) is 10.1. The number of likely N-dealkylation sites (tertiary alicyclic amines) is 2. The van der Waals surface area contributed by atoms with E-state index in [4.69, 9.17) is 4.74 Å². The van der Waals surface area contributed by atoms with Crippen LogP contribution in [0.1, 0.15) is 49.5 Å². The standard InChI is InChI=1S/C21H27N5O2/c1-16-19(8-5-9-23-16)28-20-14-22-13-17(24-20)18-7-6-12-26(18)15-21(27)25-10-3-2-4-11-25/h5,8-9,13-14,18H,2-4,6-7,10-12,15H2,1H3. The minimum Gasteiger partial charge on any atom is -0.436 e. The van der Waals surface area contributed by atoms with Crippen molar-refractivity contribution in [3.8, 4) is 11.6 Å². The molecule has 0 spiro atoms. The van der Waals surface area contributed by atoms with E-state index in [9.17, 15) is 4.79 Å². The second-order valence-corrected chi connectivity index (χ2v) is 7.54. The van der Waals surface area contributed by atoms with Gasteiger partial charge >= 0.3 is 0 Å². The highest BCUT2D eigenvalue weighted by molar-refractivity contribution is 5.78. The summed E-state index contributed by atoms with van der Waals surface area (Å²) in [6.45, 7) is 5.06. The lowest BCUT2D eigenvalue weighted by Gasteiger charge is -2.30. The second kappa shape index (κ2) is 8.65. The van der Waals surface area contributed by atoms with Crippen LogP contribution in [0.5, 0.6) is 11.6 Å². The Morgan fingerprint density at radius 3 is 2.86 bits per heavy atom. The molecule has 2 saturated heterocycles. The molecule has 28 heavy (non-hydrogen) atoms. The summed E-state index contributed by atoms with van der Waals surface area (Å²) in [5.74, 6) is 1.37. The number of hydrogen-bond donors (Lipinski definition) is 0. The number of carbonyl (C=O) groups is 1. The van der Waals surface area contributed by atoms with E-state index in [2.05, 4.69) is 19.9 Å². The van der Waals surface area contributed by atoms with Crippen LogP contribution in [-0.4, -0.2) is 56.8 Å². The van der Waals surface area contributed by atoms with E-state index >= 15 is 0 Å². The largest absolute Gasteiger partial charge is 0.436 e. The fraction of sp³-hybridized carbons (Fsp3) is 0.524. The van der Waals surface area contributed by atoms with Gasteiger partial charge in [-0.3, -0.25) is 19.7 Å². The predicted molar refractivity (Wildman–Crippen MR) is 105 cm³/mol. The molecule has 1 amide bonds. The first-order chi connectivity index (χ1) is 13.7. The fourth-order valence-corrected chi connectivity index (χ4v) is 4.03. The van der Waals surface area contributed by atoms with Crippen LogP contribution in [0.2, 0.25) is 0 Å². The van der Waals surface area contributed by atoms with E-state index < -0.39 is 0 Å². The van der Waals surface area contributed by atoms with Crippen LogP contribution in [0.25, 0.3) is 0 Å². The van der Waals surface area contributed by atoms with Crippen molar-refractivity contribution in [2.75, 3.05) is 26.2 Å². The highest BCUT2D eigenvalue weighted by Crippen LogP contribution is 2.32. The molecule has 2 fully saturated rings. The van der Waals surface area contributed by atoms with Gasteiger partial charge in [0.25, 0.3) is 0 Å². The molecule has 148 valence electrons. The first kappa shape index (κ1) is 18.8. The molecule has 0 aliphatic carbocycles. The number of aryl methyl sites for hydroxylation is 1. The Labute approximate surface area is 165 Å². The van der Waals surface area contributed by atoms with E-state index in [-0.39, 0.29) is 11.9 Å². The van der Waals surface area contributed by atoms with Gasteiger partial charge in [-0.1, -0.05) is 0 Å². The molecule has 0 bridgehead atoms. The zero-order valence-corrected chi connectivity index (χ0v) is 16.4. The minimum absolute atomic E-state index is 0.111. The highest BCUT2D eigenvalue weighted by Gasteiger charge is 2.30. The number of amides is 1. The summed E-state index contributed by atoms with van der Waals surface area (Å²) in [5, 5.41) is 0. The van der Waals surface area contributed by atoms with Crippen LogP contribution in [0, 0.1) is 6.92 Å². The van der Waals surface area contributed by atoms with Gasteiger partial charge in [-0.2, -0.15) is 0 Å². The van der Waals surface area contributed by atoms with Crippen molar-refractivity contribution in [3.05, 3.63) is 42.1 Å². The van der Waals surface area contributed by atoms with Gasteiger partial charge in [0.15, 0.2) is 5.75 Å². The number of ether oxygens (including phenoxy) is 1. The van der Waals surface area contributed by atoms with E-state index in [0.717, 1.165) is 56.7 Å². The summed E-state index contributed by atoms with van der Waals surface area (Å²) >= 11 is 0. The van der Waals surface area contributed by atoms with Crippen LogP contribution >= 0.6 is 0 Å². The molecule has 7 nitrogen and oxygen atoms in total. The Hall–Kier alpha value is -2.54. The van der Waals surface area contributed by atoms with Gasteiger partial charge in [-0.15, -0.1) is 0 Å². The summed E-state index contributed by atoms with van der Waals surface area (Å²) in [6.07, 6.45) is 10.7. The maximum absolute atomic E-state index is 12.7. The number of pyridine rings is 1. The van der Waals surface area contributed by atoms with Crippen LogP contribution in [0.15, 0.2) is 30.7 Å². The molecule has 7 heteroatoms. The van der Waals surface area contributed by atoms with Crippen LogP contribution in [-0.2, 0) is 4.79 Å². The third kappa shape index (κ3) is 4.30. The van der Waals surface area contributed by atoms with Gasteiger partial charge in [0.1, 0.15) is 0 Å². The molecule has 2 aliphatic rings. The quantitative estimate of drug-likeness (QED) is 0.792. The molecule has 0 aromatic carbocycles. The number of piperidine rings is 1. The molecule has 2 aromatic heterocycles. The summed E-state index contributed by atoms with van der Waals surface area (Å²) in [5.41, 5.74) is 1.67. The highest BCUT2D eigenvalue weighted by atomic mass is 16.5. The van der Waals surface area contributed by atoms with E-state index in [1.807, 2.05) is 24.0 Å². The molecule has 0 radical (unpaired) electrons. The summed E-state index contributed by atoms with van der Waals surface area (Å²) in [6, 6.07) is 3.82. The lowest BCUT2D eigenvalue weighted by Crippen LogP contribution is -2.42. The van der Waals surface area contributed by atoms with E-state index in [1.165, 1.54) is 6.42 Å². The average Bonchev–Trinajstić information content (AvgIpc) is 3.19. The van der Waals surface area contributed by atoms with Crippen molar-refractivity contribution in [2.24, 2.45) is 0 Å². The van der Waals surface area contributed by atoms with Crippen molar-refractivity contribution in [1.82, 2.24) is 24.8 Å². The maximum Gasteiger partial charge on any atom is 0.238 e. The molecule has 4 rings (SSSR count). The fourth-order valence-electron chi connectivity index (χ4n) is 4.03. The Balaban J connectivity index is 1.45. The normalized spacial score (nSPS) is 20.3. The lowest BCUT2D eigenvalue weighted by atomic mass is 10.1. The number of aromatic nitrogens is 3. The Morgan fingerprint density at radius 1 is 1.18 bits per heavy atom. The smallest absolute Gasteiger partial charge is 0.238 e. The summed E-state index contributed by atoms with van der Waals surface area (Å²) < 4.78 is 5.89. The SMILES string of the molecule is Cc1ncccc1Oc1cncc(C2CCCN2CC(=O)N2CCCCC2)n1. The molecular formula is C21H27N5O2. The van der Waals surface area contributed by atoms with Crippen molar-refractivity contribution in [1.29, 1.82) is 0 Å². The van der Waals surface area contributed by atoms with Crippen molar-refractivity contribution < 1.29 is 9.53 Å². The van der Waals surface area contributed by atoms with Gasteiger partial charge in [0, 0.05) is 19.3 Å². The summed E-state index contributed by atoms with van der Waals surface area (Å²) in [4.78, 5) is 30.2. The molecular weight excluding hydrogens is 354 g/mol. The van der Waals surface area contributed by atoms with Gasteiger partial charge in [-0.25, -0.2) is 4.98 Å². The maximum atomic E-state index is 12.7. The average molecular weight is 381 g/mol. The molecule has 2 aliphatic heterocycles. The van der Waals surface area contributed by atoms with Crippen molar-refractivity contribution in [2.45, 2.75) is 45.1 Å². The zero-order valence-electron chi connectivity index (χ0n) is 16.4. The van der Waals surface area contributed by atoms with Crippen LogP contribution in [0.4, 0.5) is 0 Å². The van der Waals surface area contributed by atoms with Crippen molar-refractivity contribution in [3.63, 3.8) is 0 Å². The predicted octanol–water partition coefficient (Wildman–Crippen LogP) is 3.12. The molecule has 1 atom stereocenters. The molecule has 4 heterocycles. The monoisotopic (exact) mass is 381 g/mol. The lowest BCUT2D eigenvalue weighted by molar-refractivity contribution is -0.133. The topological polar surface area (TPSA) is 71.5 Å². The van der Waals surface area contributed by atoms with Crippen molar-refractivity contribution >= 4 is 5.91 Å². The second-order valence-electron chi connectivity index (χ2n) is 7.54. The molecule has 0 saturated carbocycles. The number of hydrogen-bond acceptors (Lipinski definition) is 6. The molecule has 0 N–H and O–H groups in total. The summed E-state index contributed by atoms with van der Waals surface area (Å²) in [7, 11) is 0. The number of nitrogens with zero attached hydrogens (tertiary/aromatic N) is 5. The van der Waals surface area contributed by atoms with Crippen LogP contribution in [0.3, 0.4) is 0 Å². The number of carbonyl (C=O) groups excluding carboxylic acids is 1.